The Morgan fingerprint density at radius 2 is 2.00 bits per heavy atom. The lowest BCUT2D eigenvalue weighted by Crippen LogP contribution is -2.23. The Hall–Kier alpha value is 1.02. The van der Waals surface area contributed by atoms with Crippen LogP contribution in [-0.2, 0) is 0 Å². The molecule has 2 bridgehead atoms. The van der Waals surface area contributed by atoms with E-state index < -0.39 is 0 Å². The van der Waals surface area contributed by atoms with E-state index >= 15 is 0 Å². The lowest BCUT2D eigenvalue weighted by Gasteiger charge is -2.24. The summed E-state index contributed by atoms with van der Waals surface area (Å²) in [5.74, 6) is 2.72. The van der Waals surface area contributed by atoms with Crippen molar-refractivity contribution in [3.8, 4) is 0 Å². The fraction of sp³-hybridized carbons (Fsp3) is 1.00. The number of hydrogen-bond donors (Lipinski definition) is 0. The van der Waals surface area contributed by atoms with E-state index in [9.17, 15) is 0 Å². The molecule has 0 nitrogen and oxygen atoms in total. The van der Waals surface area contributed by atoms with Gasteiger partial charge in [-0.05, 0) is 37.0 Å². The van der Waals surface area contributed by atoms with Crippen LogP contribution in [0, 0.1) is 17.8 Å². The standard InChI is InChI=1S/C8H12ClI/c9-8-6-2-1-5(3-6)7(8)4-10/h5-8H,1-4H2/t5-,6+,7+,8+/m1/s1. The molecule has 0 N–H and O–H groups in total. The molecule has 0 aromatic heterocycles. The zero-order chi connectivity index (χ0) is 7.14. The van der Waals surface area contributed by atoms with E-state index in [-0.39, 0.29) is 0 Å². The molecule has 0 saturated heterocycles. The number of rotatable bonds is 1. The van der Waals surface area contributed by atoms with Gasteiger partial charge in [0.2, 0.25) is 0 Å². The lowest BCUT2D eigenvalue weighted by atomic mass is 9.90. The van der Waals surface area contributed by atoms with Crippen LogP contribution >= 0.6 is 34.2 Å². The zero-order valence-corrected chi connectivity index (χ0v) is 8.81. The number of hydrogen-bond acceptors (Lipinski definition) is 0. The summed E-state index contributed by atoms with van der Waals surface area (Å²) < 4.78 is 1.27. The summed E-state index contributed by atoms with van der Waals surface area (Å²) in [6, 6.07) is 0. The van der Waals surface area contributed by atoms with Crippen LogP contribution in [0.1, 0.15) is 19.3 Å². The van der Waals surface area contributed by atoms with Crippen molar-refractivity contribution in [3.05, 3.63) is 0 Å². The number of fused-ring (bicyclic) bond motifs is 2. The van der Waals surface area contributed by atoms with E-state index in [0.29, 0.717) is 5.38 Å². The van der Waals surface area contributed by atoms with Gasteiger partial charge in [0.1, 0.15) is 0 Å². The summed E-state index contributed by atoms with van der Waals surface area (Å²) >= 11 is 8.75. The second kappa shape index (κ2) is 2.81. The van der Waals surface area contributed by atoms with Gasteiger partial charge in [-0.1, -0.05) is 22.6 Å². The Kier molecular flexibility index (Phi) is 2.16. The molecule has 2 rings (SSSR count). The van der Waals surface area contributed by atoms with Gasteiger partial charge in [0.05, 0.1) is 0 Å². The third-order valence-electron chi connectivity index (χ3n) is 3.16. The fourth-order valence-corrected chi connectivity index (χ4v) is 4.64. The highest BCUT2D eigenvalue weighted by atomic mass is 127. The molecule has 0 radical (unpaired) electrons. The van der Waals surface area contributed by atoms with Gasteiger partial charge in [-0.2, -0.15) is 0 Å². The van der Waals surface area contributed by atoms with Crippen molar-refractivity contribution in [2.75, 3.05) is 4.43 Å². The third-order valence-corrected chi connectivity index (χ3v) is 4.85. The fourth-order valence-electron chi connectivity index (χ4n) is 2.55. The molecule has 2 heteroatoms. The van der Waals surface area contributed by atoms with Crippen LogP contribution in [-0.4, -0.2) is 9.80 Å². The van der Waals surface area contributed by atoms with Gasteiger partial charge in [0.25, 0.3) is 0 Å². The highest BCUT2D eigenvalue weighted by Crippen LogP contribution is 2.51. The molecule has 0 aromatic carbocycles. The minimum Gasteiger partial charge on any atom is -0.122 e. The van der Waals surface area contributed by atoms with Crippen LogP contribution in [0.3, 0.4) is 0 Å². The van der Waals surface area contributed by atoms with Crippen LogP contribution in [0.15, 0.2) is 0 Å². The third kappa shape index (κ3) is 1.01. The average Bonchev–Trinajstić information content (AvgIpc) is 2.46. The average molecular weight is 271 g/mol. The number of alkyl halides is 2. The Labute approximate surface area is 80.8 Å². The largest absolute Gasteiger partial charge is 0.122 e. The first-order valence-corrected chi connectivity index (χ1v) is 5.99. The van der Waals surface area contributed by atoms with Gasteiger partial charge < -0.3 is 0 Å². The maximum absolute atomic E-state index is 6.27. The summed E-state index contributed by atoms with van der Waals surface area (Å²) in [6.45, 7) is 0. The van der Waals surface area contributed by atoms with Gasteiger partial charge in [-0.3, -0.25) is 0 Å². The van der Waals surface area contributed by atoms with Crippen molar-refractivity contribution in [2.45, 2.75) is 24.6 Å². The molecule has 0 aromatic rings. The molecule has 2 aliphatic carbocycles. The van der Waals surface area contributed by atoms with E-state index in [1.165, 1.54) is 23.7 Å². The highest BCUT2D eigenvalue weighted by molar-refractivity contribution is 14.1. The zero-order valence-electron chi connectivity index (χ0n) is 5.89. The Balaban J connectivity index is 2.10. The van der Waals surface area contributed by atoms with Gasteiger partial charge in [0.15, 0.2) is 0 Å². The van der Waals surface area contributed by atoms with Crippen molar-refractivity contribution in [1.29, 1.82) is 0 Å². The van der Waals surface area contributed by atoms with Crippen molar-refractivity contribution in [2.24, 2.45) is 17.8 Å². The molecular formula is C8H12ClI. The molecule has 2 aliphatic rings. The van der Waals surface area contributed by atoms with Gasteiger partial charge in [-0.25, -0.2) is 0 Å². The molecule has 4 atom stereocenters. The Morgan fingerprint density at radius 1 is 1.30 bits per heavy atom. The summed E-state index contributed by atoms with van der Waals surface area (Å²) in [7, 11) is 0. The maximum atomic E-state index is 6.27. The van der Waals surface area contributed by atoms with Crippen LogP contribution in [0.5, 0.6) is 0 Å². The van der Waals surface area contributed by atoms with Gasteiger partial charge in [-0.15, -0.1) is 11.6 Å². The first-order valence-electron chi connectivity index (χ1n) is 4.03. The Bertz CT molecular complexity index is 135. The van der Waals surface area contributed by atoms with Crippen molar-refractivity contribution in [3.63, 3.8) is 0 Å². The molecule has 10 heavy (non-hydrogen) atoms. The van der Waals surface area contributed by atoms with Crippen LogP contribution in [0.4, 0.5) is 0 Å². The van der Waals surface area contributed by atoms with Crippen molar-refractivity contribution < 1.29 is 0 Å². The van der Waals surface area contributed by atoms with Crippen LogP contribution in [0.2, 0.25) is 0 Å². The van der Waals surface area contributed by atoms with Crippen molar-refractivity contribution in [1.82, 2.24) is 0 Å². The molecule has 0 aliphatic heterocycles. The molecule has 2 fully saturated rings. The van der Waals surface area contributed by atoms with E-state index in [4.69, 9.17) is 11.6 Å². The van der Waals surface area contributed by atoms with Gasteiger partial charge >= 0.3 is 0 Å². The SMILES string of the molecule is Cl[C@H]1[C@H]2CC[C@H](C2)[C@@H]1CI. The first-order chi connectivity index (χ1) is 4.83. The molecular weight excluding hydrogens is 258 g/mol. The van der Waals surface area contributed by atoms with E-state index in [2.05, 4.69) is 22.6 Å². The first kappa shape index (κ1) is 7.66. The second-order valence-electron chi connectivity index (χ2n) is 3.60. The predicted octanol–water partition coefficient (Wildman–Crippen LogP) is 3.07. The predicted molar refractivity (Wildman–Crippen MR) is 52.8 cm³/mol. The minimum atomic E-state index is 0.524. The summed E-state index contributed by atoms with van der Waals surface area (Å²) in [5, 5.41) is 0.524. The van der Waals surface area contributed by atoms with Crippen molar-refractivity contribution >= 4 is 34.2 Å². The summed E-state index contributed by atoms with van der Waals surface area (Å²) in [6.07, 6.45) is 4.30. The quantitative estimate of drug-likeness (QED) is 0.507. The van der Waals surface area contributed by atoms with Gasteiger partial charge in [0, 0.05) is 9.80 Å². The summed E-state index contributed by atoms with van der Waals surface area (Å²) in [5.41, 5.74) is 0. The minimum absolute atomic E-state index is 0.524. The smallest absolute Gasteiger partial charge is 0.0402 e. The van der Waals surface area contributed by atoms with Crippen LogP contribution < -0.4 is 0 Å². The van der Waals surface area contributed by atoms with E-state index in [0.717, 1.165) is 17.8 Å². The van der Waals surface area contributed by atoms with E-state index in [1.807, 2.05) is 0 Å². The molecule has 2 saturated carbocycles. The Morgan fingerprint density at radius 3 is 2.40 bits per heavy atom. The monoisotopic (exact) mass is 270 g/mol. The maximum Gasteiger partial charge on any atom is 0.0402 e. The van der Waals surface area contributed by atoms with Crippen LogP contribution in [0.25, 0.3) is 0 Å². The molecule has 0 unspecified atom stereocenters. The molecule has 0 amide bonds. The normalized spacial score (nSPS) is 52.2. The molecule has 0 spiro atoms. The number of halogens is 2. The second-order valence-corrected chi connectivity index (χ2v) is 4.98. The molecule has 58 valence electrons. The lowest BCUT2D eigenvalue weighted by molar-refractivity contribution is 0.376. The topological polar surface area (TPSA) is 0 Å². The highest BCUT2D eigenvalue weighted by Gasteiger charge is 2.45. The summed E-state index contributed by atoms with van der Waals surface area (Å²) in [4.78, 5) is 0. The molecule has 0 heterocycles. The van der Waals surface area contributed by atoms with E-state index in [1.54, 1.807) is 0 Å².